The Kier molecular flexibility index (Phi) is 6.98. The van der Waals surface area contributed by atoms with Gasteiger partial charge in [0.15, 0.2) is 10.8 Å². The second-order valence-corrected chi connectivity index (χ2v) is 12.0. The first kappa shape index (κ1) is 26.2. The lowest BCUT2D eigenvalue weighted by Gasteiger charge is -2.34. The lowest BCUT2D eigenvalue weighted by molar-refractivity contribution is -0.117. The maximum atomic E-state index is 13.5. The second-order valence-electron chi connectivity index (χ2n) is 9.97. The molecule has 1 aliphatic heterocycles. The second kappa shape index (κ2) is 10.9. The monoisotopic (exact) mass is 594 g/mol. The lowest BCUT2D eigenvalue weighted by Crippen LogP contribution is -2.49. The molecule has 2 fully saturated rings. The van der Waals surface area contributed by atoms with Crippen LogP contribution in [0.25, 0.3) is 15.9 Å². The van der Waals surface area contributed by atoms with Crippen molar-refractivity contribution in [2.75, 3.05) is 38.0 Å². The summed E-state index contributed by atoms with van der Waals surface area (Å²) < 4.78 is 35.1. The lowest BCUT2D eigenvalue weighted by atomic mass is 10.3. The highest BCUT2D eigenvalue weighted by molar-refractivity contribution is 7.99. The normalized spacial score (nSPS) is 16.4. The summed E-state index contributed by atoms with van der Waals surface area (Å²) in [6, 6.07) is 12.7. The van der Waals surface area contributed by atoms with Crippen molar-refractivity contribution in [1.82, 2.24) is 34.6 Å². The fraction of sp³-hybridized carbons (Fsp3) is 0.296. The minimum Gasteiger partial charge on any atom is -0.437 e. The van der Waals surface area contributed by atoms with Gasteiger partial charge in [0.2, 0.25) is 16.9 Å². The molecule has 5 aromatic rings. The fourth-order valence-electron chi connectivity index (χ4n) is 4.79. The number of rotatable bonds is 8. The number of hydrogen-bond donors (Lipinski definition) is 1. The average molecular weight is 595 g/mol. The van der Waals surface area contributed by atoms with Crippen molar-refractivity contribution in [1.29, 1.82) is 0 Å². The third kappa shape index (κ3) is 6.00. The molecule has 2 aliphatic rings. The number of aromatic nitrogens is 5. The molecule has 1 amide bonds. The highest BCUT2D eigenvalue weighted by Gasteiger charge is 2.31. The summed E-state index contributed by atoms with van der Waals surface area (Å²) in [5.41, 5.74) is 1.28. The summed E-state index contributed by atoms with van der Waals surface area (Å²) in [5.74, 6) is -1.42. The van der Waals surface area contributed by atoms with Gasteiger partial charge in [-0.15, -0.1) is 15.3 Å². The molecule has 4 heterocycles. The van der Waals surface area contributed by atoms with Gasteiger partial charge in [-0.1, -0.05) is 11.3 Å². The number of nitrogens with one attached hydrogen (secondary N) is 1. The highest BCUT2D eigenvalue weighted by Crippen LogP contribution is 2.33. The number of halogens is 2. The van der Waals surface area contributed by atoms with E-state index in [0.717, 1.165) is 65.5 Å². The van der Waals surface area contributed by atoms with Crippen LogP contribution in [0.15, 0.2) is 58.6 Å². The van der Waals surface area contributed by atoms with E-state index >= 15 is 0 Å². The molecule has 0 bridgehead atoms. The van der Waals surface area contributed by atoms with Crippen LogP contribution in [-0.2, 0) is 4.79 Å². The molecule has 210 valence electrons. The molecule has 1 saturated heterocycles. The molecule has 7 rings (SSSR count). The molecule has 0 unspecified atom stereocenters. The summed E-state index contributed by atoms with van der Waals surface area (Å²) in [7, 11) is 0. The maximum Gasteiger partial charge on any atom is 0.240 e. The number of piperazine rings is 1. The van der Waals surface area contributed by atoms with E-state index < -0.39 is 11.6 Å². The summed E-state index contributed by atoms with van der Waals surface area (Å²) in [6.07, 6.45) is 2.61. The van der Waals surface area contributed by atoms with Crippen molar-refractivity contribution < 1.29 is 18.3 Å². The van der Waals surface area contributed by atoms with Crippen LogP contribution in [0.4, 0.5) is 13.9 Å². The zero-order valence-electron chi connectivity index (χ0n) is 21.7. The van der Waals surface area contributed by atoms with E-state index in [1.165, 1.54) is 40.5 Å². The molecule has 41 heavy (non-hydrogen) atoms. The third-order valence-corrected chi connectivity index (χ3v) is 8.78. The predicted molar refractivity (Wildman–Crippen MR) is 151 cm³/mol. The number of amides is 1. The number of benzene rings is 2. The molecule has 1 saturated carbocycles. The first-order valence-corrected chi connectivity index (χ1v) is 14.8. The number of hydrogen-bond acceptors (Lipinski definition) is 10. The van der Waals surface area contributed by atoms with Crippen LogP contribution >= 0.6 is 23.1 Å². The van der Waals surface area contributed by atoms with Crippen LogP contribution in [0.1, 0.15) is 12.8 Å². The van der Waals surface area contributed by atoms with E-state index in [1.807, 2.05) is 18.2 Å². The SMILES string of the molecule is O=C(CN1CCN(C2CC2)CC1)Nc1nc2ccc(Sc3nnc4ccc(Oc5cc(F)cc(F)c5)nn34)cc2s1. The molecular weight excluding hydrogens is 570 g/mol. The van der Waals surface area contributed by atoms with E-state index in [-0.39, 0.29) is 17.5 Å². The average Bonchev–Trinajstić information content (AvgIpc) is 3.60. The van der Waals surface area contributed by atoms with Crippen molar-refractivity contribution in [2.24, 2.45) is 0 Å². The molecule has 0 spiro atoms. The van der Waals surface area contributed by atoms with E-state index in [0.29, 0.717) is 22.5 Å². The van der Waals surface area contributed by atoms with Crippen LogP contribution in [0.3, 0.4) is 0 Å². The number of fused-ring (bicyclic) bond motifs is 2. The minimum absolute atomic E-state index is 0.00804. The Bertz CT molecular complexity index is 1730. The number of carbonyl (C=O) groups excluding carboxylic acids is 1. The van der Waals surface area contributed by atoms with Crippen LogP contribution in [0.2, 0.25) is 0 Å². The summed E-state index contributed by atoms with van der Waals surface area (Å²) in [5, 5.41) is 16.8. The van der Waals surface area contributed by atoms with Gasteiger partial charge in [-0.25, -0.2) is 13.8 Å². The minimum atomic E-state index is -0.745. The van der Waals surface area contributed by atoms with E-state index in [4.69, 9.17) is 4.74 Å². The van der Waals surface area contributed by atoms with E-state index in [1.54, 1.807) is 12.1 Å². The first-order chi connectivity index (χ1) is 19.9. The Morgan fingerprint density at radius 1 is 1.02 bits per heavy atom. The molecule has 14 heteroatoms. The Morgan fingerprint density at radius 3 is 2.61 bits per heavy atom. The van der Waals surface area contributed by atoms with Crippen LogP contribution < -0.4 is 10.1 Å². The molecule has 1 aliphatic carbocycles. The molecule has 2 aromatic carbocycles. The summed E-state index contributed by atoms with van der Waals surface area (Å²) in [4.78, 5) is 22.9. The molecule has 0 atom stereocenters. The molecular formula is C27H24F2N8O2S2. The Labute approximate surface area is 241 Å². The zero-order valence-corrected chi connectivity index (χ0v) is 23.3. The number of carbonyl (C=O) groups is 1. The first-order valence-electron chi connectivity index (χ1n) is 13.2. The topological polar surface area (TPSA) is 101 Å². The van der Waals surface area contributed by atoms with Gasteiger partial charge in [0, 0.05) is 61.4 Å². The van der Waals surface area contributed by atoms with Gasteiger partial charge in [0.1, 0.15) is 17.4 Å². The number of thiazole rings is 1. The van der Waals surface area contributed by atoms with Gasteiger partial charge in [-0.05, 0) is 48.9 Å². The smallest absolute Gasteiger partial charge is 0.240 e. The van der Waals surface area contributed by atoms with Gasteiger partial charge in [-0.2, -0.15) is 4.52 Å². The quantitative estimate of drug-likeness (QED) is 0.275. The Balaban J connectivity index is 1.02. The molecule has 1 N–H and O–H groups in total. The Morgan fingerprint density at radius 2 is 1.83 bits per heavy atom. The van der Waals surface area contributed by atoms with Gasteiger partial charge in [-0.3, -0.25) is 14.6 Å². The van der Waals surface area contributed by atoms with Crippen LogP contribution in [0, 0.1) is 11.6 Å². The molecule has 3 aromatic heterocycles. The molecule has 0 radical (unpaired) electrons. The number of nitrogens with zero attached hydrogens (tertiary/aromatic N) is 7. The largest absolute Gasteiger partial charge is 0.437 e. The standard InChI is InChI=1S/C27H24F2N8O2S2/c28-16-11-17(29)13-19(12-16)39-25-6-5-23-32-33-27(37(23)34-25)40-20-3-4-21-22(14-20)41-26(30-21)31-24(38)15-35-7-9-36(10-8-35)18-1-2-18/h3-6,11-14,18H,1-2,7-10,15H2,(H,30,31,38). The van der Waals surface area contributed by atoms with Crippen molar-refractivity contribution >= 4 is 50.0 Å². The van der Waals surface area contributed by atoms with Crippen LogP contribution in [-0.4, -0.2) is 79.3 Å². The zero-order chi connectivity index (χ0) is 27.9. The van der Waals surface area contributed by atoms with Crippen molar-refractivity contribution in [3.05, 3.63) is 60.2 Å². The van der Waals surface area contributed by atoms with Gasteiger partial charge in [0.05, 0.1) is 16.8 Å². The number of ether oxygens (including phenoxy) is 1. The van der Waals surface area contributed by atoms with Gasteiger partial charge < -0.3 is 10.1 Å². The fourth-order valence-corrected chi connectivity index (χ4v) is 6.62. The van der Waals surface area contributed by atoms with Crippen LogP contribution in [0.5, 0.6) is 11.6 Å². The summed E-state index contributed by atoms with van der Waals surface area (Å²) in [6.45, 7) is 4.23. The highest BCUT2D eigenvalue weighted by atomic mass is 32.2. The summed E-state index contributed by atoms with van der Waals surface area (Å²) >= 11 is 2.76. The van der Waals surface area contributed by atoms with E-state index in [2.05, 4.69) is 35.4 Å². The molecule has 10 nitrogen and oxygen atoms in total. The maximum absolute atomic E-state index is 13.5. The van der Waals surface area contributed by atoms with Gasteiger partial charge >= 0.3 is 0 Å². The van der Waals surface area contributed by atoms with E-state index in [9.17, 15) is 13.6 Å². The predicted octanol–water partition coefficient (Wildman–Crippen LogP) is 4.67. The number of anilines is 1. The third-order valence-electron chi connectivity index (χ3n) is 6.92. The van der Waals surface area contributed by atoms with Crippen molar-refractivity contribution in [2.45, 2.75) is 28.9 Å². The van der Waals surface area contributed by atoms with Crippen molar-refractivity contribution in [3.63, 3.8) is 0 Å². The van der Waals surface area contributed by atoms with Gasteiger partial charge in [0.25, 0.3) is 0 Å². The van der Waals surface area contributed by atoms with Crippen molar-refractivity contribution in [3.8, 4) is 11.6 Å². The Hall–Kier alpha value is -3.72.